The molecule has 2 aliphatic rings. The topological polar surface area (TPSA) is 27.7 Å². The van der Waals surface area contributed by atoms with E-state index in [-0.39, 0.29) is 23.7 Å². The molecule has 1 saturated carbocycles. The van der Waals surface area contributed by atoms with Crippen LogP contribution in [-0.4, -0.2) is 43.5 Å². The third-order valence-corrected chi connectivity index (χ3v) is 3.89. The lowest BCUT2D eigenvalue weighted by Crippen LogP contribution is -2.52. The quantitative estimate of drug-likeness (QED) is 0.689. The molecule has 0 aromatic heterocycles. The van der Waals surface area contributed by atoms with Gasteiger partial charge in [0.25, 0.3) is 0 Å². The molecular weight excluding hydrogens is 240 g/mol. The summed E-state index contributed by atoms with van der Waals surface area (Å²) in [6, 6.07) is 0. The lowest BCUT2D eigenvalue weighted by atomic mass is 9.91. The molecule has 4 unspecified atom stereocenters. The first-order chi connectivity index (χ1) is 8.31. The standard InChI is InChI=1S/C13H23ClO3/c1-2-6-16-13-11(14)8-12(13)17-9-10-5-3-4-7-15-10/h10-13H,2-9H2,1H3. The van der Waals surface area contributed by atoms with E-state index in [1.54, 1.807) is 0 Å². The zero-order chi connectivity index (χ0) is 12.1. The Bertz CT molecular complexity index is 219. The van der Waals surface area contributed by atoms with Crippen LogP contribution < -0.4 is 0 Å². The van der Waals surface area contributed by atoms with Gasteiger partial charge < -0.3 is 14.2 Å². The Morgan fingerprint density at radius 2 is 2.18 bits per heavy atom. The highest BCUT2D eigenvalue weighted by molar-refractivity contribution is 6.21. The molecule has 0 spiro atoms. The second-order valence-electron chi connectivity index (χ2n) is 4.95. The van der Waals surface area contributed by atoms with Crippen molar-refractivity contribution < 1.29 is 14.2 Å². The van der Waals surface area contributed by atoms with Crippen LogP contribution in [0.15, 0.2) is 0 Å². The first-order valence-corrected chi connectivity index (χ1v) is 7.23. The minimum atomic E-state index is 0.0835. The fourth-order valence-electron chi connectivity index (χ4n) is 2.33. The van der Waals surface area contributed by atoms with Gasteiger partial charge in [-0.3, -0.25) is 0 Å². The molecule has 0 bridgehead atoms. The van der Waals surface area contributed by atoms with E-state index in [9.17, 15) is 0 Å². The van der Waals surface area contributed by atoms with Crippen LogP contribution in [0.25, 0.3) is 0 Å². The highest BCUT2D eigenvalue weighted by atomic mass is 35.5. The Morgan fingerprint density at radius 3 is 2.82 bits per heavy atom. The van der Waals surface area contributed by atoms with Gasteiger partial charge >= 0.3 is 0 Å². The normalized spacial score (nSPS) is 37.8. The molecular formula is C13H23ClO3. The summed E-state index contributed by atoms with van der Waals surface area (Å²) in [5, 5.41) is 0.124. The first-order valence-electron chi connectivity index (χ1n) is 6.80. The van der Waals surface area contributed by atoms with Gasteiger partial charge in [-0.1, -0.05) is 6.92 Å². The highest BCUT2D eigenvalue weighted by Gasteiger charge is 2.42. The van der Waals surface area contributed by atoms with E-state index in [1.165, 1.54) is 12.8 Å². The van der Waals surface area contributed by atoms with Crippen molar-refractivity contribution in [2.45, 2.75) is 62.7 Å². The van der Waals surface area contributed by atoms with Crippen molar-refractivity contribution in [3.05, 3.63) is 0 Å². The molecule has 4 atom stereocenters. The van der Waals surface area contributed by atoms with E-state index in [0.29, 0.717) is 6.61 Å². The van der Waals surface area contributed by atoms with Crippen molar-refractivity contribution in [1.82, 2.24) is 0 Å². The van der Waals surface area contributed by atoms with Gasteiger partial charge in [-0.15, -0.1) is 11.6 Å². The Kier molecular flexibility index (Phi) is 5.54. The van der Waals surface area contributed by atoms with Crippen LogP contribution in [0.4, 0.5) is 0 Å². The van der Waals surface area contributed by atoms with E-state index in [2.05, 4.69) is 6.92 Å². The number of alkyl halides is 1. The molecule has 1 aliphatic carbocycles. The molecule has 1 saturated heterocycles. The molecule has 4 heteroatoms. The maximum atomic E-state index is 6.13. The van der Waals surface area contributed by atoms with E-state index in [0.717, 1.165) is 32.5 Å². The molecule has 1 heterocycles. The van der Waals surface area contributed by atoms with E-state index in [1.807, 2.05) is 0 Å². The van der Waals surface area contributed by atoms with Gasteiger partial charge in [-0.2, -0.15) is 0 Å². The molecule has 2 rings (SSSR count). The maximum Gasteiger partial charge on any atom is 0.100 e. The average molecular weight is 263 g/mol. The second kappa shape index (κ2) is 6.93. The zero-order valence-corrected chi connectivity index (χ0v) is 11.3. The van der Waals surface area contributed by atoms with Gasteiger partial charge in [0.1, 0.15) is 6.10 Å². The Balaban J connectivity index is 1.64. The van der Waals surface area contributed by atoms with Crippen molar-refractivity contribution >= 4 is 11.6 Å². The molecule has 1 aliphatic heterocycles. The second-order valence-corrected chi connectivity index (χ2v) is 5.51. The summed E-state index contributed by atoms with van der Waals surface area (Å²) >= 11 is 6.13. The number of hydrogen-bond acceptors (Lipinski definition) is 3. The van der Waals surface area contributed by atoms with Gasteiger partial charge in [-0.25, -0.2) is 0 Å². The van der Waals surface area contributed by atoms with Crippen LogP contribution in [0.3, 0.4) is 0 Å². The highest BCUT2D eigenvalue weighted by Crippen LogP contribution is 2.32. The fourth-order valence-corrected chi connectivity index (χ4v) is 2.74. The monoisotopic (exact) mass is 262 g/mol. The number of rotatable bonds is 6. The SMILES string of the molecule is CCCOC1C(Cl)CC1OCC1CCCCO1. The van der Waals surface area contributed by atoms with Gasteiger partial charge in [0.2, 0.25) is 0 Å². The lowest BCUT2D eigenvalue weighted by molar-refractivity contribution is -0.147. The van der Waals surface area contributed by atoms with Gasteiger partial charge in [0.15, 0.2) is 0 Å². The van der Waals surface area contributed by atoms with E-state index in [4.69, 9.17) is 25.8 Å². The largest absolute Gasteiger partial charge is 0.376 e. The summed E-state index contributed by atoms with van der Waals surface area (Å²) < 4.78 is 17.2. The molecule has 0 radical (unpaired) electrons. The van der Waals surface area contributed by atoms with Gasteiger partial charge in [0.05, 0.1) is 24.2 Å². The van der Waals surface area contributed by atoms with Crippen LogP contribution in [-0.2, 0) is 14.2 Å². The predicted octanol–water partition coefficient (Wildman–Crippen LogP) is 2.75. The minimum Gasteiger partial charge on any atom is -0.376 e. The van der Waals surface area contributed by atoms with Crippen LogP contribution in [0.1, 0.15) is 39.0 Å². The third kappa shape index (κ3) is 3.82. The number of hydrogen-bond donors (Lipinski definition) is 0. The van der Waals surface area contributed by atoms with Crippen LogP contribution in [0.5, 0.6) is 0 Å². The molecule has 0 N–H and O–H groups in total. The fraction of sp³-hybridized carbons (Fsp3) is 1.00. The summed E-state index contributed by atoms with van der Waals surface area (Å²) in [4.78, 5) is 0. The minimum absolute atomic E-state index is 0.0835. The van der Waals surface area contributed by atoms with Crippen molar-refractivity contribution in [2.75, 3.05) is 19.8 Å². The number of ether oxygens (including phenoxy) is 3. The van der Waals surface area contributed by atoms with Gasteiger partial charge in [0, 0.05) is 13.2 Å². The molecule has 3 nitrogen and oxygen atoms in total. The van der Waals surface area contributed by atoms with Crippen molar-refractivity contribution in [3.8, 4) is 0 Å². The molecule has 0 aromatic carbocycles. The third-order valence-electron chi connectivity index (χ3n) is 3.46. The zero-order valence-electron chi connectivity index (χ0n) is 10.6. The first kappa shape index (κ1) is 13.6. The summed E-state index contributed by atoms with van der Waals surface area (Å²) in [7, 11) is 0. The smallest absolute Gasteiger partial charge is 0.100 e. The average Bonchev–Trinajstić information content (AvgIpc) is 2.36. The summed E-state index contributed by atoms with van der Waals surface area (Å²) in [6.45, 7) is 4.45. The molecule has 0 aromatic rings. The maximum absolute atomic E-state index is 6.13. The van der Waals surface area contributed by atoms with E-state index >= 15 is 0 Å². The molecule has 0 amide bonds. The Hall–Kier alpha value is 0.170. The van der Waals surface area contributed by atoms with Crippen molar-refractivity contribution in [2.24, 2.45) is 0 Å². The Labute approximate surface area is 109 Å². The summed E-state index contributed by atoms with van der Waals surface area (Å²) in [5.41, 5.74) is 0. The molecule has 17 heavy (non-hydrogen) atoms. The van der Waals surface area contributed by atoms with Gasteiger partial charge in [-0.05, 0) is 32.1 Å². The molecule has 100 valence electrons. The van der Waals surface area contributed by atoms with Crippen molar-refractivity contribution in [1.29, 1.82) is 0 Å². The summed E-state index contributed by atoms with van der Waals surface area (Å²) in [5.74, 6) is 0. The van der Waals surface area contributed by atoms with Crippen LogP contribution in [0.2, 0.25) is 0 Å². The predicted molar refractivity (Wildman–Crippen MR) is 67.6 cm³/mol. The number of halogens is 1. The van der Waals surface area contributed by atoms with Crippen LogP contribution >= 0.6 is 11.6 Å². The lowest BCUT2D eigenvalue weighted by Gasteiger charge is -2.41. The van der Waals surface area contributed by atoms with Crippen molar-refractivity contribution in [3.63, 3.8) is 0 Å². The Morgan fingerprint density at radius 1 is 1.29 bits per heavy atom. The molecule has 2 fully saturated rings. The summed E-state index contributed by atoms with van der Waals surface area (Å²) in [6.07, 6.45) is 6.04. The van der Waals surface area contributed by atoms with E-state index < -0.39 is 0 Å². The van der Waals surface area contributed by atoms with Crippen LogP contribution in [0, 0.1) is 0 Å².